The highest BCUT2D eigenvalue weighted by Crippen LogP contribution is 2.28. The molecule has 15 heavy (non-hydrogen) atoms. The van der Waals surface area contributed by atoms with Gasteiger partial charge in [0.25, 0.3) is 0 Å². The fraction of sp³-hybridized carbons (Fsp3) is 0.200. The Balaban J connectivity index is 3.12. The first-order valence-electron chi connectivity index (χ1n) is 4.19. The van der Waals surface area contributed by atoms with Gasteiger partial charge in [-0.2, -0.15) is 5.26 Å². The van der Waals surface area contributed by atoms with Crippen LogP contribution < -0.4 is 10.1 Å². The highest BCUT2D eigenvalue weighted by Gasteiger charge is 2.13. The van der Waals surface area contributed by atoms with E-state index in [-0.39, 0.29) is 11.3 Å². The summed E-state index contributed by atoms with van der Waals surface area (Å²) in [5.74, 6) is 0.175. The van der Waals surface area contributed by atoms with Crippen molar-refractivity contribution < 1.29 is 14.3 Å². The molecule has 0 amide bonds. The van der Waals surface area contributed by atoms with Crippen molar-refractivity contribution in [3.63, 3.8) is 0 Å². The molecule has 0 saturated heterocycles. The van der Waals surface area contributed by atoms with E-state index in [0.717, 1.165) is 0 Å². The molecule has 0 unspecified atom stereocenters. The van der Waals surface area contributed by atoms with Crippen LogP contribution in [0, 0.1) is 11.3 Å². The zero-order valence-corrected chi connectivity index (χ0v) is 8.40. The topological polar surface area (TPSA) is 71.3 Å². The molecule has 0 radical (unpaired) electrons. The number of nitriles is 1. The van der Waals surface area contributed by atoms with Crippen molar-refractivity contribution in [3.05, 3.63) is 23.8 Å². The minimum atomic E-state index is -0.853. The molecule has 1 N–H and O–H groups in total. The molecular formula is C10H10N2O3. The molecule has 0 aliphatic heterocycles. The lowest BCUT2D eigenvalue weighted by Crippen LogP contribution is -2.10. The molecule has 78 valence electrons. The Morgan fingerprint density at radius 1 is 1.53 bits per heavy atom. The maximum absolute atomic E-state index is 10.9. The van der Waals surface area contributed by atoms with Crippen LogP contribution in [0.25, 0.3) is 0 Å². The number of methoxy groups -OCH3 is 1. The molecule has 0 aliphatic rings. The summed E-state index contributed by atoms with van der Waals surface area (Å²) in [5, 5.41) is 11.6. The summed E-state index contributed by atoms with van der Waals surface area (Å²) in [6, 6.07) is 6.86. The predicted octanol–water partition coefficient (Wildman–Crippen LogP) is 1.75. The Hall–Kier alpha value is -2.22. The van der Waals surface area contributed by atoms with Gasteiger partial charge in [0, 0.05) is 7.05 Å². The molecule has 1 rings (SSSR count). The van der Waals surface area contributed by atoms with Crippen LogP contribution in [-0.4, -0.2) is 20.3 Å². The van der Waals surface area contributed by atoms with Gasteiger partial charge < -0.3 is 14.8 Å². The van der Waals surface area contributed by atoms with Gasteiger partial charge in [0.15, 0.2) is 5.75 Å². The van der Waals surface area contributed by atoms with E-state index in [4.69, 9.17) is 10.00 Å². The van der Waals surface area contributed by atoms with Gasteiger partial charge in [0.2, 0.25) is 0 Å². The molecule has 0 atom stereocenters. The quantitative estimate of drug-likeness (QED) is 0.589. The highest BCUT2D eigenvalue weighted by molar-refractivity contribution is 5.71. The molecular weight excluding hydrogens is 196 g/mol. The average Bonchev–Trinajstić information content (AvgIpc) is 2.29. The molecule has 0 saturated carbocycles. The number of hydrogen-bond donors (Lipinski definition) is 1. The normalized spacial score (nSPS) is 8.87. The lowest BCUT2D eigenvalue weighted by Gasteiger charge is -2.09. The molecule has 5 nitrogen and oxygen atoms in total. The van der Waals surface area contributed by atoms with E-state index in [1.807, 2.05) is 6.07 Å². The summed E-state index contributed by atoms with van der Waals surface area (Å²) in [5.41, 5.74) is 0.826. The molecule has 1 aromatic carbocycles. The monoisotopic (exact) mass is 206 g/mol. The van der Waals surface area contributed by atoms with E-state index in [0.29, 0.717) is 5.69 Å². The molecule has 0 spiro atoms. The Morgan fingerprint density at radius 2 is 2.27 bits per heavy atom. The number of ether oxygens (including phenoxy) is 2. The standard InChI is InChI=1S/C10H10N2O3/c1-12-8-5-3-4-7(6-11)9(8)15-10(13)14-2/h3-5,12H,1-2H3. The van der Waals surface area contributed by atoms with Crippen molar-refractivity contribution in [2.24, 2.45) is 0 Å². The molecule has 0 aliphatic carbocycles. The Morgan fingerprint density at radius 3 is 2.80 bits per heavy atom. The van der Waals surface area contributed by atoms with Crippen LogP contribution in [0.5, 0.6) is 5.75 Å². The fourth-order valence-electron chi connectivity index (χ4n) is 1.06. The molecule has 0 bridgehead atoms. The van der Waals surface area contributed by atoms with E-state index in [2.05, 4.69) is 10.1 Å². The number of para-hydroxylation sites is 1. The second-order valence-corrected chi connectivity index (χ2v) is 2.60. The number of nitrogens with zero attached hydrogens (tertiary/aromatic N) is 1. The minimum absolute atomic E-state index is 0.175. The minimum Gasteiger partial charge on any atom is -0.437 e. The van der Waals surface area contributed by atoms with Crippen molar-refractivity contribution in [3.8, 4) is 11.8 Å². The van der Waals surface area contributed by atoms with Gasteiger partial charge in [-0.15, -0.1) is 0 Å². The maximum Gasteiger partial charge on any atom is 0.513 e. The second kappa shape index (κ2) is 4.86. The van der Waals surface area contributed by atoms with Crippen LogP contribution >= 0.6 is 0 Å². The Bertz CT molecular complexity index is 410. The highest BCUT2D eigenvalue weighted by atomic mass is 16.7. The average molecular weight is 206 g/mol. The van der Waals surface area contributed by atoms with Crippen molar-refractivity contribution >= 4 is 11.8 Å². The Kier molecular flexibility index (Phi) is 3.52. The third-order valence-corrected chi connectivity index (χ3v) is 1.76. The van der Waals surface area contributed by atoms with E-state index in [9.17, 15) is 4.79 Å². The third-order valence-electron chi connectivity index (χ3n) is 1.76. The van der Waals surface area contributed by atoms with Gasteiger partial charge >= 0.3 is 6.16 Å². The van der Waals surface area contributed by atoms with Gasteiger partial charge in [0.05, 0.1) is 18.4 Å². The Labute approximate surface area is 87.2 Å². The summed E-state index contributed by atoms with van der Waals surface area (Å²) >= 11 is 0. The molecule has 5 heteroatoms. The molecule has 0 heterocycles. The summed E-state index contributed by atoms with van der Waals surface area (Å²) in [4.78, 5) is 10.9. The third kappa shape index (κ3) is 2.38. The number of anilines is 1. The number of rotatable bonds is 2. The van der Waals surface area contributed by atoms with E-state index >= 15 is 0 Å². The maximum atomic E-state index is 10.9. The van der Waals surface area contributed by atoms with Crippen LogP contribution in [0.4, 0.5) is 10.5 Å². The summed E-state index contributed by atoms with van der Waals surface area (Å²) in [6.45, 7) is 0. The smallest absolute Gasteiger partial charge is 0.437 e. The van der Waals surface area contributed by atoms with Gasteiger partial charge in [-0.05, 0) is 12.1 Å². The van der Waals surface area contributed by atoms with Crippen molar-refractivity contribution in [2.75, 3.05) is 19.5 Å². The predicted molar refractivity (Wildman–Crippen MR) is 53.7 cm³/mol. The van der Waals surface area contributed by atoms with Gasteiger partial charge in [-0.3, -0.25) is 0 Å². The molecule has 0 fully saturated rings. The lowest BCUT2D eigenvalue weighted by molar-refractivity contribution is 0.121. The van der Waals surface area contributed by atoms with Crippen LogP contribution in [0.2, 0.25) is 0 Å². The SMILES string of the molecule is CNc1cccc(C#N)c1OC(=O)OC. The number of carbonyl (C=O) groups is 1. The number of hydrogen-bond acceptors (Lipinski definition) is 5. The number of benzene rings is 1. The number of carbonyl (C=O) groups excluding carboxylic acids is 1. The summed E-state index contributed by atoms with van der Waals surface area (Å²) in [7, 11) is 2.87. The van der Waals surface area contributed by atoms with Crippen LogP contribution in [0.15, 0.2) is 18.2 Å². The number of nitrogens with one attached hydrogen (secondary N) is 1. The van der Waals surface area contributed by atoms with Gasteiger partial charge in [-0.25, -0.2) is 4.79 Å². The largest absolute Gasteiger partial charge is 0.513 e. The van der Waals surface area contributed by atoms with Crippen LogP contribution in [0.1, 0.15) is 5.56 Å². The van der Waals surface area contributed by atoms with Crippen LogP contribution in [0.3, 0.4) is 0 Å². The first kappa shape index (κ1) is 10.9. The zero-order chi connectivity index (χ0) is 11.3. The molecule has 0 aromatic heterocycles. The zero-order valence-electron chi connectivity index (χ0n) is 8.40. The van der Waals surface area contributed by atoms with Crippen molar-refractivity contribution in [2.45, 2.75) is 0 Å². The first-order chi connectivity index (χ1) is 7.22. The van der Waals surface area contributed by atoms with Gasteiger partial charge in [0.1, 0.15) is 6.07 Å². The van der Waals surface area contributed by atoms with E-state index < -0.39 is 6.16 Å². The van der Waals surface area contributed by atoms with E-state index in [1.54, 1.807) is 25.2 Å². The fourth-order valence-corrected chi connectivity index (χ4v) is 1.06. The van der Waals surface area contributed by atoms with Crippen molar-refractivity contribution in [1.82, 2.24) is 0 Å². The van der Waals surface area contributed by atoms with Crippen LogP contribution in [-0.2, 0) is 4.74 Å². The second-order valence-electron chi connectivity index (χ2n) is 2.60. The summed E-state index contributed by atoms with van der Waals surface area (Å²) < 4.78 is 9.22. The first-order valence-corrected chi connectivity index (χ1v) is 4.19. The lowest BCUT2D eigenvalue weighted by atomic mass is 10.2. The van der Waals surface area contributed by atoms with E-state index in [1.165, 1.54) is 7.11 Å². The summed E-state index contributed by atoms with van der Waals surface area (Å²) in [6.07, 6.45) is -0.853. The van der Waals surface area contributed by atoms with Crippen molar-refractivity contribution in [1.29, 1.82) is 5.26 Å². The molecule has 1 aromatic rings. The van der Waals surface area contributed by atoms with Gasteiger partial charge in [-0.1, -0.05) is 6.07 Å².